The second-order valence-corrected chi connectivity index (χ2v) is 4.92. The zero-order valence-electron chi connectivity index (χ0n) is 9.01. The molecule has 1 aromatic rings. The van der Waals surface area contributed by atoms with Crippen LogP contribution in [0.3, 0.4) is 0 Å². The van der Waals surface area contributed by atoms with Crippen LogP contribution in [0.4, 0.5) is 5.69 Å². The Morgan fingerprint density at radius 3 is 2.81 bits per heavy atom. The van der Waals surface area contributed by atoms with Crippen LogP contribution < -0.4 is 5.73 Å². The van der Waals surface area contributed by atoms with E-state index in [0.717, 1.165) is 0 Å². The number of thioether (sulfide) groups is 1. The minimum absolute atomic E-state index is 0.0866. The number of nitrogen functional groups attached to an aromatic ring is 1. The first kappa shape index (κ1) is 12.9. The lowest BCUT2D eigenvalue weighted by atomic mass is 10.2. The molecule has 1 unspecified atom stereocenters. The smallest absolute Gasteiger partial charge is 0.336 e. The van der Waals surface area contributed by atoms with E-state index in [0.29, 0.717) is 17.0 Å². The maximum absolute atomic E-state index is 11.0. The van der Waals surface area contributed by atoms with Gasteiger partial charge in [-0.25, -0.2) is 4.79 Å². The van der Waals surface area contributed by atoms with Gasteiger partial charge in [-0.2, -0.15) is 0 Å². The Labute approximate surface area is 98.5 Å². The number of anilines is 1. The van der Waals surface area contributed by atoms with Gasteiger partial charge in [0, 0.05) is 22.4 Å². The van der Waals surface area contributed by atoms with Crippen LogP contribution in [0.1, 0.15) is 23.7 Å². The lowest BCUT2D eigenvalue weighted by Crippen LogP contribution is -2.06. The number of hydrogen-bond acceptors (Lipinski definition) is 4. The summed E-state index contributed by atoms with van der Waals surface area (Å²) in [7, 11) is 0. The molecule has 0 saturated carbocycles. The summed E-state index contributed by atoms with van der Waals surface area (Å²) < 4.78 is 0. The van der Waals surface area contributed by atoms with Gasteiger partial charge in [-0.3, -0.25) is 0 Å². The molecule has 0 aliphatic carbocycles. The van der Waals surface area contributed by atoms with E-state index in [1.165, 1.54) is 17.8 Å². The van der Waals surface area contributed by atoms with E-state index in [1.807, 2.05) is 6.92 Å². The molecule has 5 heteroatoms. The number of carbonyl (C=O) groups is 1. The van der Waals surface area contributed by atoms with Crippen LogP contribution in [-0.4, -0.2) is 28.0 Å². The highest BCUT2D eigenvalue weighted by molar-refractivity contribution is 8.00. The Bertz CT molecular complexity index is 381. The van der Waals surface area contributed by atoms with Gasteiger partial charge in [0.25, 0.3) is 0 Å². The number of rotatable bonds is 5. The molecule has 0 aliphatic heterocycles. The van der Waals surface area contributed by atoms with Crippen LogP contribution >= 0.6 is 11.8 Å². The van der Waals surface area contributed by atoms with Crippen LogP contribution in [0.15, 0.2) is 23.1 Å². The third-order valence-electron chi connectivity index (χ3n) is 2.13. The first-order chi connectivity index (χ1) is 7.56. The van der Waals surface area contributed by atoms with Gasteiger partial charge in [0.1, 0.15) is 0 Å². The number of aromatic carboxylic acids is 1. The molecule has 0 amide bonds. The number of hydrogen-bond donors (Lipinski definition) is 3. The topological polar surface area (TPSA) is 83.5 Å². The van der Waals surface area contributed by atoms with Crippen LogP contribution in [0.25, 0.3) is 0 Å². The number of aliphatic hydroxyl groups is 1. The van der Waals surface area contributed by atoms with Crippen molar-refractivity contribution in [2.24, 2.45) is 0 Å². The Balaban J connectivity index is 2.97. The Kier molecular flexibility index (Phi) is 4.64. The summed E-state index contributed by atoms with van der Waals surface area (Å²) in [5.74, 6) is -0.981. The molecule has 4 N–H and O–H groups in total. The Hall–Kier alpha value is -1.20. The molecule has 16 heavy (non-hydrogen) atoms. The third-order valence-corrected chi connectivity index (χ3v) is 3.46. The van der Waals surface area contributed by atoms with Crippen molar-refractivity contribution < 1.29 is 15.0 Å². The van der Waals surface area contributed by atoms with Crippen molar-refractivity contribution in [2.45, 2.75) is 23.5 Å². The Morgan fingerprint density at radius 1 is 1.56 bits per heavy atom. The monoisotopic (exact) mass is 241 g/mol. The minimum Gasteiger partial charge on any atom is -0.478 e. The van der Waals surface area contributed by atoms with Crippen molar-refractivity contribution in [1.82, 2.24) is 0 Å². The second-order valence-electron chi connectivity index (χ2n) is 3.47. The van der Waals surface area contributed by atoms with Crippen molar-refractivity contribution in [3.63, 3.8) is 0 Å². The van der Waals surface area contributed by atoms with E-state index < -0.39 is 5.97 Å². The lowest BCUT2D eigenvalue weighted by molar-refractivity contribution is 0.0693. The minimum atomic E-state index is -0.981. The first-order valence-corrected chi connectivity index (χ1v) is 5.83. The average molecular weight is 241 g/mol. The molecule has 0 radical (unpaired) electrons. The van der Waals surface area contributed by atoms with Gasteiger partial charge < -0.3 is 15.9 Å². The molecule has 1 atom stereocenters. The van der Waals surface area contributed by atoms with Crippen molar-refractivity contribution in [3.8, 4) is 0 Å². The van der Waals surface area contributed by atoms with E-state index in [4.69, 9.17) is 15.9 Å². The number of carboxylic acid groups (broad SMARTS) is 1. The molecule has 0 bridgehead atoms. The summed E-state index contributed by atoms with van der Waals surface area (Å²) in [5, 5.41) is 17.9. The Morgan fingerprint density at radius 2 is 2.25 bits per heavy atom. The fourth-order valence-corrected chi connectivity index (χ4v) is 2.41. The van der Waals surface area contributed by atoms with Gasteiger partial charge in [-0.1, -0.05) is 13.0 Å². The molecule has 1 rings (SSSR count). The van der Waals surface area contributed by atoms with Gasteiger partial charge >= 0.3 is 5.97 Å². The normalized spacial score (nSPS) is 12.4. The van der Waals surface area contributed by atoms with E-state index in [9.17, 15) is 4.79 Å². The molecule has 88 valence electrons. The van der Waals surface area contributed by atoms with Gasteiger partial charge in [0.05, 0.1) is 5.56 Å². The van der Waals surface area contributed by atoms with Crippen LogP contribution in [-0.2, 0) is 0 Å². The number of aliphatic hydroxyl groups excluding tert-OH is 1. The molecule has 0 aromatic heterocycles. The molecule has 1 aromatic carbocycles. The van der Waals surface area contributed by atoms with E-state index in [2.05, 4.69) is 0 Å². The molecule has 4 nitrogen and oxygen atoms in total. The molecular formula is C11H15NO3S. The number of nitrogens with two attached hydrogens (primary N) is 1. The molecule has 0 saturated heterocycles. The van der Waals surface area contributed by atoms with Gasteiger partial charge in [-0.05, 0) is 18.6 Å². The summed E-state index contributed by atoms with van der Waals surface area (Å²) in [6.07, 6.45) is 0.609. The average Bonchev–Trinajstić information content (AvgIpc) is 2.21. The van der Waals surface area contributed by atoms with Crippen LogP contribution in [0, 0.1) is 0 Å². The van der Waals surface area contributed by atoms with E-state index in [-0.39, 0.29) is 17.4 Å². The summed E-state index contributed by atoms with van der Waals surface area (Å²) in [5.41, 5.74) is 6.44. The van der Waals surface area contributed by atoms with Crippen molar-refractivity contribution >= 4 is 23.4 Å². The largest absolute Gasteiger partial charge is 0.478 e. The van der Waals surface area contributed by atoms with Crippen molar-refractivity contribution in [1.29, 1.82) is 0 Å². The maximum atomic E-state index is 11.0. The fourth-order valence-electron chi connectivity index (χ4n) is 1.30. The van der Waals surface area contributed by atoms with Gasteiger partial charge in [0.15, 0.2) is 0 Å². The zero-order valence-corrected chi connectivity index (χ0v) is 9.83. The molecular weight excluding hydrogens is 226 g/mol. The highest BCUT2D eigenvalue weighted by Gasteiger charge is 2.15. The van der Waals surface area contributed by atoms with E-state index in [1.54, 1.807) is 12.1 Å². The first-order valence-electron chi connectivity index (χ1n) is 4.95. The summed E-state index contributed by atoms with van der Waals surface area (Å²) in [6, 6.07) is 4.84. The fraction of sp³-hybridized carbons (Fsp3) is 0.364. The summed E-state index contributed by atoms with van der Waals surface area (Å²) >= 11 is 1.38. The number of carboxylic acids is 1. The molecule has 0 fully saturated rings. The highest BCUT2D eigenvalue weighted by atomic mass is 32.2. The predicted molar refractivity (Wildman–Crippen MR) is 64.8 cm³/mol. The van der Waals surface area contributed by atoms with E-state index >= 15 is 0 Å². The van der Waals surface area contributed by atoms with Crippen LogP contribution in [0.5, 0.6) is 0 Å². The maximum Gasteiger partial charge on any atom is 0.336 e. The van der Waals surface area contributed by atoms with Gasteiger partial charge in [-0.15, -0.1) is 11.8 Å². The summed E-state index contributed by atoms with van der Waals surface area (Å²) in [4.78, 5) is 11.6. The van der Waals surface area contributed by atoms with Crippen molar-refractivity contribution in [3.05, 3.63) is 23.8 Å². The van der Waals surface area contributed by atoms with Gasteiger partial charge in [0.2, 0.25) is 0 Å². The van der Waals surface area contributed by atoms with Crippen molar-refractivity contribution in [2.75, 3.05) is 12.3 Å². The predicted octanol–water partition coefficient (Wildman–Crippen LogP) is 1.83. The number of benzene rings is 1. The molecule has 0 spiro atoms. The standard InChI is InChI=1S/C11H15NO3S/c1-7(5-6-13)16-10-8(11(14)15)3-2-4-9(10)12/h2-4,7,13H,5-6,12H2,1H3,(H,14,15). The third kappa shape index (κ3) is 3.15. The SMILES string of the molecule is CC(CCO)Sc1c(N)cccc1C(=O)O. The molecule has 0 heterocycles. The molecule has 0 aliphatic rings. The summed E-state index contributed by atoms with van der Waals surface area (Å²) in [6.45, 7) is 2.02. The van der Waals surface area contributed by atoms with Crippen LogP contribution in [0.2, 0.25) is 0 Å². The zero-order chi connectivity index (χ0) is 12.1. The second kappa shape index (κ2) is 5.77. The lowest BCUT2D eigenvalue weighted by Gasteiger charge is -2.13. The highest BCUT2D eigenvalue weighted by Crippen LogP contribution is 2.33. The quantitative estimate of drug-likeness (QED) is 0.541.